The second-order valence-corrected chi connectivity index (χ2v) is 4.31. The van der Waals surface area contributed by atoms with Gasteiger partial charge in [0.05, 0.1) is 5.56 Å². The first-order valence-electron chi connectivity index (χ1n) is 5.97. The van der Waals surface area contributed by atoms with Crippen LogP contribution < -0.4 is 11.1 Å². The Kier molecular flexibility index (Phi) is 3.70. The number of amides is 1. The number of hydrogen-bond donors (Lipinski definition) is 3. The molecule has 0 fully saturated rings. The highest BCUT2D eigenvalue weighted by molar-refractivity contribution is 5.96. The SMILES string of the molecule is CNC(=O)c1cccc(-c2cc(N)cc(C(=O)O)c2)c1. The summed E-state index contributed by atoms with van der Waals surface area (Å²) < 4.78 is 0. The van der Waals surface area contributed by atoms with Gasteiger partial charge in [-0.3, -0.25) is 4.79 Å². The Hall–Kier alpha value is -2.82. The summed E-state index contributed by atoms with van der Waals surface area (Å²) >= 11 is 0. The van der Waals surface area contributed by atoms with Crippen LogP contribution in [0.15, 0.2) is 42.5 Å². The van der Waals surface area contributed by atoms with Gasteiger partial charge in [0.2, 0.25) is 0 Å². The van der Waals surface area contributed by atoms with E-state index in [0.29, 0.717) is 16.8 Å². The normalized spacial score (nSPS) is 10.1. The fourth-order valence-electron chi connectivity index (χ4n) is 1.93. The highest BCUT2D eigenvalue weighted by Gasteiger charge is 2.09. The molecule has 20 heavy (non-hydrogen) atoms. The first-order chi connectivity index (χ1) is 9.51. The molecule has 0 spiro atoms. The Morgan fingerprint density at radius 1 is 1.05 bits per heavy atom. The van der Waals surface area contributed by atoms with E-state index in [0.717, 1.165) is 5.56 Å². The van der Waals surface area contributed by atoms with Crippen molar-refractivity contribution in [2.45, 2.75) is 0 Å². The molecule has 0 unspecified atom stereocenters. The minimum Gasteiger partial charge on any atom is -0.478 e. The number of carbonyl (C=O) groups is 2. The first kappa shape index (κ1) is 13.6. The first-order valence-corrected chi connectivity index (χ1v) is 5.97. The van der Waals surface area contributed by atoms with Gasteiger partial charge in [0.15, 0.2) is 0 Å². The summed E-state index contributed by atoms with van der Waals surface area (Å²) in [6.07, 6.45) is 0. The van der Waals surface area contributed by atoms with E-state index in [1.54, 1.807) is 37.4 Å². The van der Waals surface area contributed by atoms with Crippen LogP contribution in [-0.2, 0) is 0 Å². The standard InChI is InChI=1S/C15H14N2O3/c1-17-14(18)10-4-2-3-9(5-10)11-6-12(15(19)20)8-13(16)7-11/h2-8H,16H2,1H3,(H,17,18)(H,19,20). The van der Waals surface area contributed by atoms with Gasteiger partial charge in [-0.25, -0.2) is 4.79 Å². The minimum absolute atomic E-state index is 0.116. The quantitative estimate of drug-likeness (QED) is 0.744. The average molecular weight is 270 g/mol. The molecule has 2 aromatic rings. The summed E-state index contributed by atoms with van der Waals surface area (Å²) in [5.41, 5.74) is 8.10. The summed E-state index contributed by atoms with van der Waals surface area (Å²) in [4.78, 5) is 22.6. The number of carboxylic acid groups (broad SMARTS) is 1. The molecule has 0 aromatic heterocycles. The molecule has 2 rings (SSSR count). The minimum atomic E-state index is -1.04. The maximum atomic E-state index is 11.6. The topological polar surface area (TPSA) is 92.4 Å². The molecule has 2 aromatic carbocycles. The zero-order valence-electron chi connectivity index (χ0n) is 10.9. The number of nitrogen functional groups attached to an aromatic ring is 1. The number of aromatic carboxylic acids is 1. The van der Waals surface area contributed by atoms with E-state index in [2.05, 4.69) is 5.32 Å². The molecule has 0 radical (unpaired) electrons. The summed E-state index contributed by atoms with van der Waals surface area (Å²) in [6.45, 7) is 0. The zero-order valence-corrected chi connectivity index (χ0v) is 10.9. The lowest BCUT2D eigenvalue weighted by Gasteiger charge is -2.07. The third kappa shape index (κ3) is 2.77. The van der Waals surface area contributed by atoms with Crippen molar-refractivity contribution in [1.29, 1.82) is 0 Å². The average Bonchev–Trinajstić information content (AvgIpc) is 2.45. The Balaban J connectivity index is 2.51. The lowest BCUT2D eigenvalue weighted by Crippen LogP contribution is -2.17. The number of benzene rings is 2. The van der Waals surface area contributed by atoms with E-state index in [9.17, 15) is 9.59 Å². The molecule has 0 saturated carbocycles. The number of hydrogen-bond acceptors (Lipinski definition) is 3. The molecule has 0 saturated heterocycles. The molecule has 0 bridgehead atoms. The van der Waals surface area contributed by atoms with Gasteiger partial charge in [-0.1, -0.05) is 12.1 Å². The Morgan fingerprint density at radius 2 is 1.75 bits per heavy atom. The molecule has 0 heterocycles. The van der Waals surface area contributed by atoms with E-state index >= 15 is 0 Å². The Bertz CT molecular complexity index is 681. The van der Waals surface area contributed by atoms with Crippen molar-refractivity contribution >= 4 is 17.6 Å². The molecule has 0 atom stereocenters. The van der Waals surface area contributed by atoms with Crippen LogP contribution in [0, 0.1) is 0 Å². The molecule has 5 nitrogen and oxygen atoms in total. The highest BCUT2D eigenvalue weighted by Crippen LogP contribution is 2.24. The molecule has 0 aliphatic carbocycles. The van der Waals surface area contributed by atoms with Crippen molar-refractivity contribution in [2.24, 2.45) is 0 Å². The third-order valence-corrected chi connectivity index (χ3v) is 2.89. The number of carbonyl (C=O) groups excluding carboxylic acids is 1. The summed E-state index contributed by atoms with van der Waals surface area (Å²) in [6, 6.07) is 11.5. The van der Waals surface area contributed by atoms with Crippen molar-refractivity contribution in [1.82, 2.24) is 5.32 Å². The van der Waals surface area contributed by atoms with Crippen LogP contribution in [0.2, 0.25) is 0 Å². The molecule has 102 valence electrons. The van der Waals surface area contributed by atoms with Crippen molar-refractivity contribution in [3.05, 3.63) is 53.6 Å². The molecular weight excluding hydrogens is 256 g/mol. The van der Waals surface area contributed by atoms with E-state index in [1.165, 1.54) is 12.1 Å². The molecule has 1 amide bonds. The van der Waals surface area contributed by atoms with Gasteiger partial charge in [-0.2, -0.15) is 0 Å². The number of nitrogens with two attached hydrogens (primary N) is 1. The predicted molar refractivity (Wildman–Crippen MR) is 76.6 cm³/mol. The van der Waals surface area contributed by atoms with E-state index < -0.39 is 5.97 Å². The van der Waals surface area contributed by atoms with Crippen LogP contribution in [0.4, 0.5) is 5.69 Å². The van der Waals surface area contributed by atoms with Crippen molar-refractivity contribution in [3.63, 3.8) is 0 Å². The van der Waals surface area contributed by atoms with Gasteiger partial charge in [0.25, 0.3) is 5.91 Å². The highest BCUT2D eigenvalue weighted by atomic mass is 16.4. The summed E-state index contributed by atoms with van der Waals surface area (Å²) in [5, 5.41) is 11.6. The summed E-state index contributed by atoms with van der Waals surface area (Å²) in [7, 11) is 1.55. The van der Waals surface area contributed by atoms with Crippen LogP contribution >= 0.6 is 0 Å². The van der Waals surface area contributed by atoms with Crippen LogP contribution in [0.1, 0.15) is 20.7 Å². The number of nitrogens with one attached hydrogen (secondary N) is 1. The van der Waals surface area contributed by atoms with Crippen molar-refractivity contribution < 1.29 is 14.7 Å². The van der Waals surface area contributed by atoms with Crippen LogP contribution in [0.25, 0.3) is 11.1 Å². The third-order valence-electron chi connectivity index (χ3n) is 2.89. The second kappa shape index (κ2) is 5.44. The van der Waals surface area contributed by atoms with Gasteiger partial charge >= 0.3 is 5.97 Å². The molecule has 4 N–H and O–H groups in total. The van der Waals surface area contributed by atoms with Gasteiger partial charge < -0.3 is 16.2 Å². The molecular formula is C15H14N2O3. The molecule has 0 aliphatic rings. The smallest absolute Gasteiger partial charge is 0.335 e. The number of carboxylic acids is 1. The number of anilines is 1. The Morgan fingerprint density at radius 3 is 2.40 bits per heavy atom. The Labute approximate surface area is 116 Å². The monoisotopic (exact) mass is 270 g/mol. The van der Waals surface area contributed by atoms with Crippen molar-refractivity contribution in [2.75, 3.05) is 12.8 Å². The second-order valence-electron chi connectivity index (χ2n) is 4.31. The number of rotatable bonds is 3. The molecule has 5 heteroatoms. The lowest BCUT2D eigenvalue weighted by molar-refractivity contribution is 0.0696. The maximum Gasteiger partial charge on any atom is 0.335 e. The van der Waals surface area contributed by atoms with E-state index in [-0.39, 0.29) is 11.5 Å². The molecule has 0 aliphatic heterocycles. The van der Waals surface area contributed by atoms with E-state index in [1.807, 2.05) is 0 Å². The van der Waals surface area contributed by atoms with E-state index in [4.69, 9.17) is 10.8 Å². The van der Waals surface area contributed by atoms with Crippen LogP contribution in [0.3, 0.4) is 0 Å². The predicted octanol–water partition coefficient (Wildman–Crippen LogP) is 1.99. The van der Waals surface area contributed by atoms with Gasteiger partial charge in [-0.15, -0.1) is 0 Å². The largest absolute Gasteiger partial charge is 0.478 e. The summed E-state index contributed by atoms with van der Waals surface area (Å²) in [5.74, 6) is -1.24. The van der Waals surface area contributed by atoms with Crippen LogP contribution in [-0.4, -0.2) is 24.0 Å². The van der Waals surface area contributed by atoms with Crippen LogP contribution in [0.5, 0.6) is 0 Å². The van der Waals surface area contributed by atoms with Gasteiger partial charge in [0, 0.05) is 18.3 Å². The fourth-order valence-corrected chi connectivity index (χ4v) is 1.93. The van der Waals surface area contributed by atoms with Crippen molar-refractivity contribution in [3.8, 4) is 11.1 Å². The zero-order chi connectivity index (χ0) is 14.7. The lowest BCUT2D eigenvalue weighted by atomic mass is 10.00. The van der Waals surface area contributed by atoms with Gasteiger partial charge in [0.1, 0.15) is 0 Å². The fraction of sp³-hybridized carbons (Fsp3) is 0.0667. The van der Waals surface area contributed by atoms with Gasteiger partial charge in [-0.05, 0) is 41.5 Å². The maximum absolute atomic E-state index is 11.6.